The highest BCUT2D eigenvalue weighted by Gasteiger charge is 2.13. The van der Waals surface area contributed by atoms with E-state index in [4.69, 9.17) is 10.00 Å². The van der Waals surface area contributed by atoms with E-state index < -0.39 is 16.6 Å². The lowest BCUT2D eigenvalue weighted by Crippen LogP contribution is -2.19. The molecule has 0 spiro atoms. The Kier molecular flexibility index (Phi) is 6.74. The molecule has 1 N–H and O–H groups in total. The monoisotopic (exact) mass is 468 g/mol. The first-order valence-electron chi connectivity index (χ1n) is 10.4. The first-order chi connectivity index (χ1) is 17.0. The van der Waals surface area contributed by atoms with Gasteiger partial charge in [-0.25, -0.2) is 9.82 Å². The lowest BCUT2D eigenvalue weighted by atomic mass is 10.0. The van der Waals surface area contributed by atoms with Crippen LogP contribution in [0.1, 0.15) is 27.0 Å². The fourth-order valence-corrected chi connectivity index (χ4v) is 3.44. The summed E-state index contributed by atoms with van der Waals surface area (Å²) in [7, 11) is 0. The van der Waals surface area contributed by atoms with E-state index in [9.17, 15) is 19.3 Å². The quantitative estimate of drug-likeness (QED) is 0.230. The molecule has 0 unspecified atom stereocenters. The van der Waals surface area contributed by atoms with E-state index in [1.165, 1.54) is 30.5 Å². The molecular formula is C26H17FN4O4. The molecule has 4 aromatic rings. The summed E-state index contributed by atoms with van der Waals surface area (Å²) in [5.74, 6) is -1.16. The smallest absolute Gasteiger partial charge is 0.274 e. The summed E-state index contributed by atoms with van der Waals surface area (Å²) < 4.78 is 20.1. The molecule has 1 amide bonds. The van der Waals surface area contributed by atoms with Crippen LogP contribution in [0.2, 0.25) is 0 Å². The fraction of sp³-hybridized carbons (Fsp3) is 0.0385. The van der Waals surface area contributed by atoms with Crippen LogP contribution in [0.25, 0.3) is 10.8 Å². The molecule has 0 radical (unpaired) electrons. The Morgan fingerprint density at radius 2 is 1.94 bits per heavy atom. The zero-order chi connectivity index (χ0) is 24.8. The number of rotatable bonds is 7. The second kappa shape index (κ2) is 10.2. The number of benzene rings is 4. The van der Waals surface area contributed by atoms with Crippen molar-refractivity contribution in [3.8, 4) is 11.8 Å². The number of nitrogens with zero attached hydrogens (tertiary/aromatic N) is 3. The topological polar surface area (TPSA) is 118 Å². The van der Waals surface area contributed by atoms with Crippen LogP contribution >= 0.6 is 0 Å². The molecule has 0 heterocycles. The van der Waals surface area contributed by atoms with E-state index in [1.54, 1.807) is 24.3 Å². The van der Waals surface area contributed by atoms with Crippen LogP contribution in [0, 0.1) is 27.3 Å². The Labute approximate surface area is 199 Å². The average molecular weight is 468 g/mol. The number of carbonyl (C=O) groups is 1. The van der Waals surface area contributed by atoms with Crippen molar-refractivity contribution in [1.29, 1.82) is 5.26 Å². The van der Waals surface area contributed by atoms with E-state index in [0.29, 0.717) is 16.9 Å². The molecule has 0 atom stereocenters. The van der Waals surface area contributed by atoms with Gasteiger partial charge in [0.15, 0.2) is 0 Å². The van der Waals surface area contributed by atoms with Gasteiger partial charge in [-0.3, -0.25) is 14.9 Å². The maximum Gasteiger partial charge on any atom is 0.274 e. The number of hydrazone groups is 1. The molecule has 0 aliphatic carbocycles. The van der Waals surface area contributed by atoms with Crippen molar-refractivity contribution in [3.63, 3.8) is 0 Å². The number of nitrogens with one attached hydrogen (secondary N) is 1. The van der Waals surface area contributed by atoms with Crippen LogP contribution in [0.5, 0.6) is 5.75 Å². The molecule has 0 fully saturated rings. The Morgan fingerprint density at radius 1 is 1.11 bits per heavy atom. The Bertz CT molecular complexity index is 1510. The fourth-order valence-electron chi connectivity index (χ4n) is 3.44. The number of hydrogen-bond donors (Lipinski definition) is 1. The molecule has 35 heavy (non-hydrogen) atoms. The number of nitro benzene ring substituents is 1. The van der Waals surface area contributed by atoms with Crippen molar-refractivity contribution in [3.05, 3.63) is 117 Å². The van der Waals surface area contributed by atoms with Gasteiger partial charge in [-0.05, 0) is 40.6 Å². The number of fused-ring (bicyclic) bond motifs is 1. The molecule has 4 aromatic carbocycles. The standard InChI is InChI=1S/C26H17FN4O4/c27-24-13-17(14-28)8-10-22(24)26(32)30-29-15-23-21-7-2-1-5-19(21)9-11-25(23)35-16-18-4-3-6-20(12-18)31(33)34/h1-13,15H,16H2,(H,30,32)/b29-15-. The Hall–Kier alpha value is -5.10. The molecule has 0 aliphatic rings. The van der Waals surface area contributed by atoms with Crippen LogP contribution < -0.4 is 10.2 Å². The first-order valence-corrected chi connectivity index (χ1v) is 10.4. The third-order valence-corrected chi connectivity index (χ3v) is 5.15. The lowest BCUT2D eigenvalue weighted by Gasteiger charge is -2.12. The van der Waals surface area contributed by atoms with E-state index >= 15 is 0 Å². The number of halogens is 1. The van der Waals surface area contributed by atoms with Gasteiger partial charge in [-0.1, -0.05) is 42.5 Å². The maximum atomic E-state index is 14.1. The minimum absolute atomic E-state index is 0.0378. The van der Waals surface area contributed by atoms with Gasteiger partial charge in [0, 0.05) is 17.7 Å². The summed E-state index contributed by atoms with van der Waals surface area (Å²) in [6, 6.07) is 22.5. The number of amides is 1. The summed E-state index contributed by atoms with van der Waals surface area (Å²) in [6.07, 6.45) is 1.39. The zero-order valence-corrected chi connectivity index (χ0v) is 18.1. The summed E-state index contributed by atoms with van der Waals surface area (Å²) in [6.45, 7) is 0.0731. The van der Waals surface area contributed by atoms with Crippen LogP contribution in [0.4, 0.5) is 10.1 Å². The van der Waals surface area contributed by atoms with E-state index in [2.05, 4.69) is 10.5 Å². The van der Waals surface area contributed by atoms with Gasteiger partial charge in [-0.2, -0.15) is 10.4 Å². The lowest BCUT2D eigenvalue weighted by molar-refractivity contribution is -0.384. The predicted molar refractivity (Wildman–Crippen MR) is 128 cm³/mol. The van der Waals surface area contributed by atoms with Gasteiger partial charge < -0.3 is 4.74 Å². The van der Waals surface area contributed by atoms with Crippen LogP contribution in [0.15, 0.2) is 84.0 Å². The molecule has 0 aliphatic heterocycles. The van der Waals surface area contributed by atoms with E-state index in [0.717, 1.165) is 16.8 Å². The number of ether oxygens (including phenoxy) is 1. The first kappa shape index (κ1) is 23.1. The number of hydrogen-bond acceptors (Lipinski definition) is 6. The predicted octanol–water partition coefficient (Wildman–Crippen LogP) is 5.10. The SMILES string of the molecule is N#Cc1ccc(C(=O)N/N=C\c2c(OCc3cccc([N+](=O)[O-])c3)ccc3ccccc23)c(F)c1. The summed E-state index contributed by atoms with van der Waals surface area (Å²) in [5.41, 5.74) is 3.28. The van der Waals surface area contributed by atoms with Gasteiger partial charge in [0.1, 0.15) is 18.2 Å². The van der Waals surface area contributed by atoms with Crippen molar-refractivity contribution >= 4 is 28.6 Å². The normalized spacial score (nSPS) is 10.7. The number of non-ortho nitro benzene ring substituents is 1. The van der Waals surface area contributed by atoms with Gasteiger partial charge in [0.2, 0.25) is 0 Å². The zero-order valence-electron chi connectivity index (χ0n) is 18.1. The van der Waals surface area contributed by atoms with Gasteiger partial charge >= 0.3 is 0 Å². The van der Waals surface area contributed by atoms with Crippen LogP contribution in [-0.2, 0) is 6.61 Å². The van der Waals surface area contributed by atoms with Crippen molar-refractivity contribution in [2.45, 2.75) is 6.61 Å². The second-order valence-corrected chi connectivity index (χ2v) is 7.42. The maximum absolute atomic E-state index is 14.1. The minimum Gasteiger partial charge on any atom is -0.488 e. The number of nitro groups is 1. The molecule has 172 valence electrons. The molecule has 4 rings (SSSR count). The highest BCUT2D eigenvalue weighted by atomic mass is 19.1. The molecule has 0 saturated carbocycles. The number of carbonyl (C=O) groups excluding carboxylic acids is 1. The van der Waals surface area contributed by atoms with Crippen LogP contribution in [0.3, 0.4) is 0 Å². The van der Waals surface area contributed by atoms with Gasteiger partial charge in [0.05, 0.1) is 28.3 Å². The highest BCUT2D eigenvalue weighted by molar-refractivity contribution is 6.03. The Morgan fingerprint density at radius 3 is 2.71 bits per heavy atom. The average Bonchev–Trinajstić information content (AvgIpc) is 2.87. The molecule has 0 aromatic heterocycles. The van der Waals surface area contributed by atoms with Gasteiger partial charge in [0.25, 0.3) is 11.6 Å². The van der Waals surface area contributed by atoms with E-state index in [-0.39, 0.29) is 23.4 Å². The van der Waals surface area contributed by atoms with Crippen molar-refractivity contribution in [1.82, 2.24) is 5.43 Å². The van der Waals surface area contributed by atoms with Gasteiger partial charge in [-0.15, -0.1) is 0 Å². The third kappa shape index (κ3) is 5.29. The molecule has 9 heteroatoms. The second-order valence-electron chi connectivity index (χ2n) is 7.42. The van der Waals surface area contributed by atoms with E-state index in [1.807, 2.05) is 30.3 Å². The molecule has 0 bridgehead atoms. The molecular weight excluding hydrogens is 451 g/mol. The summed E-state index contributed by atoms with van der Waals surface area (Å²) in [5, 5.41) is 25.6. The summed E-state index contributed by atoms with van der Waals surface area (Å²) in [4.78, 5) is 22.9. The van der Waals surface area contributed by atoms with Crippen molar-refractivity contribution in [2.24, 2.45) is 5.10 Å². The van der Waals surface area contributed by atoms with Crippen molar-refractivity contribution in [2.75, 3.05) is 0 Å². The van der Waals surface area contributed by atoms with Crippen molar-refractivity contribution < 1.29 is 18.8 Å². The third-order valence-electron chi connectivity index (χ3n) is 5.15. The van der Waals surface area contributed by atoms with Crippen LogP contribution in [-0.4, -0.2) is 17.0 Å². The minimum atomic E-state index is -0.831. The molecule has 8 nitrogen and oxygen atoms in total. The summed E-state index contributed by atoms with van der Waals surface area (Å²) >= 11 is 0. The largest absolute Gasteiger partial charge is 0.488 e. The molecule has 0 saturated heterocycles. The number of nitriles is 1. The Balaban J connectivity index is 1.58. The highest BCUT2D eigenvalue weighted by Crippen LogP contribution is 2.28.